The van der Waals surface area contributed by atoms with E-state index >= 15 is 0 Å². The van der Waals surface area contributed by atoms with Crippen molar-refractivity contribution >= 4 is 0 Å². The highest BCUT2D eigenvalue weighted by molar-refractivity contribution is 5.39. The fraction of sp³-hybridized carbons (Fsp3) is 0.700. The number of hydrogen-bond acceptors (Lipinski definition) is 3. The van der Waals surface area contributed by atoms with Crippen molar-refractivity contribution in [2.24, 2.45) is 23.5 Å². The SMILES string of the molecule is CC(C)CNCCCC[C@H](/C=C(\N)C1=CN(C)CC=C1)C(C)C. The van der Waals surface area contributed by atoms with Crippen LogP contribution in [0.5, 0.6) is 0 Å². The van der Waals surface area contributed by atoms with Gasteiger partial charge < -0.3 is 16.0 Å². The first-order valence-corrected chi connectivity index (χ1v) is 9.17. The molecule has 3 heteroatoms. The number of hydrogen-bond donors (Lipinski definition) is 2. The molecule has 0 amide bonds. The number of nitrogens with zero attached hydrogens (tertiary/aromatic N) is 1. The molecular weight excluding hydrogens is 282 g/mol. The maximum absolute atomic E-state index is 6.34. The summed E-state index contributed by atoms with van der Waals surface area (Å²) in [6.07, 6.45) is 12.4. The third-order valence-corrected chi connectivity index (χ3v) is 4.33. The molecule has 132 valence electrons. The summed E-state index contributed by atoms with van der Waals surface area (Å²) < 4.78 is 0. The third kappa shape index (κ3) is 8.26. The van der Waals surface area contributed by atoms with Crippen molar-refractivity contribution in [3.8, 4) is 0 Å². The molecule has 1 heterocycles. The van der Waals surface area contributed by atoms with Crippen molar-refractivity contribution in [1.82, 2.24) is 10.2 Å². The highest BCUT2D eigenvalue weighted by Crippen LogP contribution is 2.23. The largest absolute Gasteiger partial charge is 0.398 e. The molecule has 0 spiro atoms. The van der Waals surface area contributed by atoms with E-state index in [0.717, 1.165) is 36.8 Å². The molecule has 0 aromatic rings. The maximum Gasteiger partial charge on any atom is 0.0364 e. The minimum Gasteiger partial charge on any atom is -0.398 e. The average Bonchev–Trinajstić information content (AvgIpc) is 2.48. The predicted molar refractivity (Wildman–Crippen MR) is 102 cm³/mol. The van der Waals surface area contributed by atoms with Crippen molar-refractivity contribution in [2.45, 2.75) is 47.0 Å². The summed E-state index contributed by atoms with van der Waals surface area (Å²) in [5.41, 5.74) is 8.40. The van der Waals surface area contributed by atoms with Gasteiger partial charge in [0.1, 0.15) is 0 Å². The molecule has 0 bridgehead atoms. The lowest BCUT2D eigenvalue weighted by Crippen LogP contribution is -2.21. The van der Waals surface area contributed by atoms with Crippen LogP contribution in [-0.4, -0.2) is 31.6 Å². The maximum atomic E-state index is 6.34. The zero-order chi connectivity index (χ0) is 17.2. The normalized spacial score (nSPS) is 17.1. The number of nitrogens with one attached hydrogen (secondary N) is 1. The molecule has 0 fully saturated rings. The molecule has 0 unspecified atom stereocenters. The van der Waals surface area contributed by atoms with Crippen molar-refractivity contribution in [2.75, 3.05) is 26.7 Å². The van der Waals surface area contributed by atoms with Gasteiger partial charge in [-0.05, 0) is 43.7 Å². The second-order valence-corrected chi connectivity index (χ2v) is 7.55. The van der Waals surface area contributed by atoms with E-state index in [0.29, 0.717) is 11.8 Å². The summed E-state index contributed by atoms with van der Waals surface area (Å²) in [5.74, 6) is 1.92. The molecule has 0 aromatic carbocycles. The van der Waals surface area contributed by atoms with Crippen LogP contribution >= 0.6 is 0 Å². The minimum atomic E-state index is 0.557. The van der Waals surface area contributed by atoms with Gasteiger partial charge in [0.05, 0.1) is 0 Å². The fourth-order valence-electron chi connectivity index (χ4n) is 2.81. The molecule has 0 aliphatic carbocycles. The van der Waals surface area contributed by atoms with Crippen molar-refractivity contribution in [3.63, 3.8) is 0 Å². The molecule has 0 saturated carbocycles. The zero-order valence-electron chi connectivity index (χ0n) is 15.8. The Balaban J connectivity index is 2.45. The molecule has 23 heavy (non-hydrogen) atoms. The van der Waals surface area contributed by atoms with Crippen LogP contribution in [0.2, 0.25) is 0 Å². The molecule has 0 saturated heterocycles. The van der Waals surface area contributed by atoms with E-state index in [1.807, 2.05) is 0 Å². The molecule has 0 radical (unpaired) electrons. The summed E-state index contributed by atoms with van der Waals surface area (Å²) in [6, 6.07) is 0. The second kappa shape index (κ2) is 10.5. The smallest absolute Gasteiger partial charge is 0.0364 e. The van der Waals surface area contributed by atoms with Crippen LogP contribution in [0.4, 0.5) is 0 Å². The van der Waals surface area contributed by atoms with Gasteiger partial charge in [0, 0.05) is 31.1 Å². The first kappa shape index (κ1) is 19.8. The summed E-state index contributed by atoms with van der Waals surface area (Å²) in [4.78, 5) is 2.17. The molecular formula is C20H37N3. The Labute approximate surface area is 143 Å². The lowest BCUT2D eigenvalue weighted by Gasteiger charge is -2.21. The predicted octanol–water partition coefficient (Wildman–Crippen LogP) is 3.90. The monoisotopic (exact) mass is 319 g/mol. The summed E-state index contributed by atoms with van der Waals surface area (Å²) in [5, 5.41) is 3.52. The van der Waals surface area contributed by atoms with Gasteiger partial charge in [-0.2, -0.15) is 0 Å². The molecule has 1 atom stereocenters. The number of allylic oxidation sites excluding steroid dienone is 2. The van der Waals surface area contributed by atoms with Crippen LogP contribution in [0, 0.1) is 17.8 Å². The quantitative estimate of drug-likeness (QED) is 0.600. The van der Waals surface area contributed by atoms with Gasteiger partial charge in [0.2, 0.25) is 0 Å². The minimum absolute atomic E-state index is 0.557. The standard InChI is InChI=1S/C20H37N3/c1-16(2)14-22-11-7-6-9-18(17(3)4)13-20(21)19-10-8-12-23(5)15-19/h8,10,13,15-18,22H,6-7,9,11-12,14,21H2,1-5H3/b20-13-/t18-/m1/s1. The van der Waals surface area contributed by atoms with Gasteiger partial charge in [-0.25, -0.2) is 0 Å². The van der Waals surface area contributed by atoms with E-state index in [1.165, 1.54) is 19.3 Å². The Morgan fingerprint density at radius 2 is 2.04 bits per heavy atom. The Kier molecular flexibility index (Phi) is 9.08. The van der Waals surface area contributed by atoms with Gasteiger partial charge in [-0.15, -0.1) is 0 Å². The first-order chi connectivity index (χ1) is 10.9. The Bertz CT molecular complexity index is 419. The lowest BCUT2D eigenvalue weighted by molar-refractivity contribution is 0.412. The summed E-state index contributed by atoms with van der Waals surface area (Å²) in [6.45, 7) is 12.3. The number of likely N-dealkylation sites (N-methyl/N-ethyl adjacent to an activating group) is 1. The summed E-state index contributed by atoms with van der Waals surface area (Å²) in [7, 11) is 2.08. The molecule has 3 N–H and O–H groups in total. The van der Waals surface area contributed by atoms with Crippen LogP contribution in [0.25, 0.3) is 0 Å². The Morgan fingerprint density at radius 3 is 2.65 bits per heavy atom. The van der Waals surface area contributed by atoms with E-state index in [4.69, 9.17) is 5.73 Å². The zero-order valence-corrected chi connectivity index (χ0v) is 15.8. The van der Waals surface area contributed by atoms with E-state index in [9.17, 15) is 0 Å². The average molecular weight is 320 g/mol. The van der Waals surface area contributed by atoms with Crippen LogP contribution in [0.15, 0.2) is 35.7 Å². The van der Waals surface area contributed by atoms with E-state index in [-0.39, 0.29) is 0 Å². The molecule has 3 nitrogen and oxygen atoms in total. The summed E-state index contributed by atoms with van der Waals surface area (Å²) >= 11 is 0. The highest BCUT2D eigenvalue weighted by Gasteiger charge is 2.13. The van der Waals surface area contributed by atoms with E-state index in [1.54, 1.807) is 0 Å². The number of nitrogens with two attached hydrogens (primary N) is 1. The second-order valence-electron chi connectivity index (χ2n) is 7.55. The van der Waals surface area contributed by atoms with Crippen LogP contribution in [0.1, 0.15) is 47.0 Å². The van der Waals surface area contributed by atoms with E-state index in [2.05, 4.69) is 69.4 Å². The fourth-order valence-corrected chi connectivity index (χ4v) is 2.81. The van der Waals surface area contributed by atoms with Crippen molar-refractivity contribution in [3.05, 3.63) is 35.7 Å². The number of unbranched alkanes of at least 4 members (excludes halogenated alkanes) is 1. The van der Waals surface area contributed by atoms with E-state index < -0.39 is 0 Å². The van der Waals surface area contributed by atoms with Crippen molar-refractivity contribution in [1.29, 1.82) is 0 Å². The lowest BCUT2D eigenvalue weighted by atomic mass is 9.89. The van der Waals surface area contributed by atoms with Gasteiger partial charge in [-0.3, -0.25) is 0 Å². The topological polar surface area (TPSA) is 41.3 Å². The van der Waals surface area contributed by atoms with Crippen LogP contribution in [0.3, 0.4) is 0 Å². The highest BCUT2D eigenvalue weighted by atomic mass is 15.1. The Hall–Kier alpha value is -1.22. The van der Waals surface area contributed by atoms with Gasteiger partial charge in [0.25, 0.3) is 0 Å². The molecule has 1 rings (SSSR count). The van der Waals surface area contributed by atoms with Gasteiger partial charge in [-0.1, -0.05) is 52.3 Å². The van der Waals surface area contributed by atoms with Gasteiger partial charge >= 0.3 is 0 Å². The van der Waals surface area contributed by atoms with Crippen LogP contribution < -0.4 is 11.1 Å². The molecule has 1 aliphatic rings. The molecule has 0 aromatic heterocycles. The number of rotatable bonds is 10. The Morgan fingerprint density at radius 1 is 1.30 bits per heavy atom. The van der Waals surface area contributed by atoms with Crippen molar-refractivity contribution < 1.29 is 0 Å². The van der Waals surface area contributed by atoms with Gasteiger partial charge in [0.15, 0.2) is 0 Å². The molecule has 1 aliphatic heterocycles. The van der Waals surface area contributed by atoms with Crippen LogP contribution in [-0.2, 0) is 0 Å². The third-order valence-electron chi connectivity index (χ3n) is 4.33. The first-order valence-electron chi connectivity index (χ1n) is 9.17.